The van der Waals surface area contributed by atoms with Crippen molar-refractivity contribution >= 4 is 23.6 Å². The molecule has 1 aliphatic rings. The van der Waals surface area contributed by atoms with Crippen LogP contribution in [0.2, 0.25) is 0 Å². The highest BCUT2D eigenvalue weighted by Gasteiger charge is 2.17. The van der Waals surface area contributed by atoms with Crippen LogP contribution in [0.3, 0.4) is 0 Å². The number of anilines is 2. The normalized spacial score (nSPS) is 14.3. The topological polar surface area (TPSA) is 96.9 Å². The van der Waals surface area contributed by atoms with Crippen LogP contribution in [-0.2, 0) is 0 Å². The average Bonchev–Trinajstić information content (AvgIpc) is 3.14. The highest BCUT2D eigenvalue weighted by molar-refractivity contribution is 7.97. The van der Waals surface area contributed by atoms with Crippen molar-refractivity contribution in [3.63, 3.8) is 0 Å². The Morgan fingerprint density at radius 2 is 2.04 bits per heavy atom. The van der Waals surface area contributed by atoms with Crippen LogP contribution < -0.4 is 15.2 Å². The predicted octanol–water partition coefficient (Wildman–Crippen LogP) is 3.63. The summed E-state index contributed by atoms with van der Waals surface area (Å²) in [6.07, 6.45) is 6.37. The third-order valence-electron chi connectivity index (χ3n) is 4.05. The van der Waals surface area contributed by atoms with E-state index in [-0.39, 0.29) is 0 Å². The van der Waals surface area contributed by atoms with E-state index in [1.165, 1.54) is 43.8 Å². The largest absolute Gasteiger partial charge is 0.476 e. The molecule has 0 radical (unpaired) electrons. The van der Waals surface area contributed by atoms with Crippen molar-refractivity contribution in [2.75, 3.05) is 11.9 Å². The van der Waals surface area contributed by atoms with E-state index >= 15 is 0 Å². The quantitative estimate of drug-likeness (QED) is 0.774. The maximum absolute atomic E-state index is 9.20. The van der Waals surface area contributed by atoms with E-state index < -0.39 is 0 Å². The van der Waals surface area contributed by atoms with Gasteiger partial charge in [-0.3, -0.25) is 5.14 Å². The average molecular weight is 341 g/mol. The number of nitrogens with zero attached hydrogens (tertiary/aromatic N) is 3. The summed E-state index contributed by atoms with van der Waals surface area (Å²) in [5, 5.41) is 17.8. The molecule has 124 valence electrons. The van der Waals surface area contributed by atoms with Crippen LogP contribution in [0.5, 0.6) is 5.88 Å². The smallest absolute Gasteiger partial charge is 0.236 e. The van der Waals surface area contributed by atoms with Gasteiger partial charge in [-0.25, -0.2) is 4.98 Å². The van der Waals surface area contributed by atoms with Gasteiger partial charge in [-0.1, -0.05) is 12.8 Å². The van der Waals surface area contributed by atoms with Gasteiger partial charge in [0.05, 0.1) is 12.8 Å². The summed E-state index contributed by atoms with van der Waals surface area (Å²) in [4.78, 5) is 9.49. The second kappa shape index (κ2) is 7.99. The standard InChI is InChI=1S/C17H19N5OS/c18-9-13-10-20-17(21-14-5-7-15(24-19)8-6-14)22-16(13)23-11-12-3-1-2-4-12/h5-8,10,12H,1-4,11,19H2,(H,20,21,22). The van der Waals surface area contributed by atoms with Crippen LogP contribution in [0.15, 0.2) is 35.4 Å². The Hall–Kier alpha value is -2.30. The van der Waals surface area contributed by atoms with Crippen molar-refractivity contribution in [2.24, 2.45) is 11.1 Å². The Bertz CT molecular complexity index is 723. The third-order valence-corrected chi connectivity index (χ3v) is 4.60. The Morgan fingerprint density at radius 3 is 2.71 bits per heavy atom. The molecule has 1 heterocycles. The molecule has 0 saturated heterocycles. The van der Waals surface area contributed by atoms with E-state index in [1.54, 1.807) is 0 Å². The van der Waals surface area contributed by atoms with Crippen molar-refractivity contribution in [3.8, 4) is 11.9 Å². The number of ether oxygens (including phenoxy) is 1. The van der Waals surface area contributed by atoms with Crippen LogP contribution in [0, 0.1) is 17.2 Å². The van der Waals surface area contributed by atoms with Crippen LogP contribution in [-0.4, -0.2) is 16.6 Å². The molecule has 7 heteroatoms. The number of benzene rings is 1. The number of rotatable bonds is 6. The number of hydrogen-bond donors (Lipinski definition) is 2. The van der Waals surface area contributed by atoms with E-state index in [2.05, 4.69) is 21.4 Å². The minimum atomic E-state index is 0.344. The van der Waals surface area contributed by atoms with E-state index in [9.17, 15) is 5.26 Å². The van der Waals surface area contributed by atoms with Crippen molar-refractivity contribution in [1.29, 1.82) is 5.26 Å². The molecule has 6 nitrogen and oxygen atoms in total. The molecular weight excluding hydrogens is 322 g/mol. The van der Waals surface area contributed by atoms with E-state index in [0.29, 0.717) is 29.9 Å². The van der Waals surface area contributed by atoms with Gasteiger partial charge in [0, 0.05) is 10.6 Å². The first kappa shape index (κ1) is 16.6. The molecule has 1 saturated carbocycles. The molecule has 0 amide bonds. The molecule has 3 N–H and O–H groups in total. The lowest BCUT2D eigenvalue weighted by atomic mass is 10.1. The van der Waals surface area contributed by atoms with Crippen LogP contribution in [0.4, 0.5) is 11.6 Å². The Morgan fingerprint density at radius 1 is 1.29 bits per heavy atom. The zero-order chi connectivity index (χ0) is 16.8. The molecule has 24 heavy (non-hydrogen) atoms. The lowest BCUT2D eigenvalue weighted by molar-refractivity contribution is 0.243. The second-order valence-electron chi connectivity index (χ2n) is 5.75. The molecule has 1 aromatic heterocycles. The summed E-state index contributed by atoms with van der Waals surface area (Å²) in [5.74, 6) is 1.31. The van der Waals surface area contributed by atoms with Crippen molar-refractivity contribution in [2.45, 2.75) is 30.6 Å². The molecule has 0 spiro atoms. The number of aromatic nitrogens is 2. The van der Waals surface area contributed by atoms with Gasteiger partial charge in [-0.15, -0.1) is 0 Å². The molecule has 0 atom stereocenters. The van der Waals surface area contributed by atoms with E-state index in [0.717, 1.165) is 10.6 Å². The SMILES string of the molecule is N#Cc1cnc(Nc2ccc(SN)cc2)nc1OCC1CCCC1. The summed E-state index contributed by atoms with van der Waals surface area (Å²) in [6, 6.07) is 9.70. The fourth-order valence-corrected chi connectivity index (χ4v) is 3.03. The summed E-state index contributed by atoms with van der Waals surface area (Å²) in [7, 11) is 0. The fraction of sp³-hybridized carbons (Fsp3) is 0.353. The lowest BCUT2D eigenvalue weighted by Crippen LogP contribution is -2.11. The summed E-state index contributed by atoms with van der Waals surface area (Å²) in [6.45, 7) is 0.605. The molecular formula is C17H19N5OS. The van der Waals surface area contributed by atoms with Crippen LogP contribution in [0.25, 0.3) is 0 Å². The number of nitrogens with one attached hydrogen (secondary N) is 1. The summed E-state index contributed by atoms with van der Waals surface area (Å²) < 4.78 is 5.79. The van der Waals surface area contributed by atoms with Gasteiger partial charge in [-0.2, -0.15) is 10.2 Å². The summed E-state index contributed by atoms with van der Waals surface area (Å²) >= 11 is 1.19. The number of nitriles is 1. The van der Waals surface area contributed by atoms with Crippen LogP contribution >= 0.6 is 11.9 Å². The minimum Gasteiger partial charge on any atom is -0.476 e. The molecule has 0 bridgehead atoms. The van der Waals surface area contributed by atoms with Crippen molar-refractivity contribution < 1.29 is 4.74 Å². The first-order chi connectivity index (χ1) is 11.8. The Labute approximate surface area is 145 Å². The fourth-order valence-electron chi connectivity index (χ4n) is 2.73. The molecule has 1 aliphatic carbocycles. The van der Waals surface area contributed by atoms with Crippen molar-refractivity contribution in [1.82, 2.24) is 9.97 Å². The van der Waals surface area contributed by atoms with Crippen molar-refractivity contribution in [3.05, 3.63) is 36.0 Å². The second-order valence-corrected chi connectivity index (χ2v) is 6.46. The highest BCUT2D eigenvalue weighted by Crippen LogP contribution is 2.26. The van der Waals surface area contributed by atoms with Gasteiger partial charge in [0.2, 0.25) is 11.8 Å². The maximum atomic E-state index is 9.20. The molecule has 1 fully saturated rings. The predicted molar refractivity (Wildman–Crippen MR) is 94.0 cm³/mol. The Balaban J connectivity index is 1.71. The van der Waals surface area contributed by atoms with Gasteiger partial charge < -0.3 is 10.1 Å². The van der Waals surface area contributed by atoms with E-state index in [1.807, 2.05) is 24.3 Å². The first-order valence-electron chi connectivity index (χ1n) is 7.92. The van der Waals surface area contributed by atoms with Gasteiger partial charge in [0.25, 0.3) is 0 Å². The molecule has 1 aromatic carbocycles. The van der Waals surface area contributed by atoms with Gasteiger partial charge in [0.15, 0.2) is 0 Å². The Kier molecular flexibility index (Phi) is 5.51. The monoisotopic (exact) mass is 341 g/mol. The van der Waals surface area contributed by atoms with E-state index in [4.69, 9.17) is 9.88 Å². The molecule has 2 aromatic rings. The zero-order valence-corrected chi connectivity index (χ0v) is 14.1. The minimum absolute atomic E-state index is 0.344. The summed E-state index contributed by atoms with van der Waals surface area (Å²) in [5.41, 5.74) is 1.20. The first-order valence-corrected chi connectivity index (χ1v) is 8.80. The van der Waals surface area contributed by atoms with Crippen LogP contribution in [0.1, 0.15) is 31.2 Å². The molecule has 0 unspecified atom stereocenters. The highest BCUT2D eigenvalue weighted by atomic mass is 32.2. The van der Waals surface area contributed by atoms with Gasteiger partial charge in [0.1, 0.15) is 11.6 Å². The maximum Gasteiger partial charge on any atom is 0.236 e. The van der Waals surface area contributed by atoms with Gasteiger partial charge >= 0.3 is 0 Å². The zero-order valence-electron chi connectivity index (χ0n) is 13.2. The number of hydrogen-bond acceptors (Lipinski definition) is 7. The number of nitrogens with two attached hydrogens (primary N) is 1. The molecule has 3 rings (SSSR count). The lowest BCUT2D eigenvalue weighted by Gasteiger charge is -2.12. The third kappa shape index (κ3) is 4.16. The molecule has 0 aliphatic heterocycles. The van der Waals surface area contributed by atoms with Gasteiger partial charge in [-0.05, 0) is 55.0 Å².